The number of hydrogen-bond donors (Lipinski definition) is 1. The fourth-order valence-electron chi connectivity index (χ4n) is 3.09. The molecule has 0 spiro atoms. The lowest BCUT2D eigenvalue weighted by Crippen LogP contribution is -2.60. The van der Waals surface area contributed by atoms with Crippen LogP contribution in [0.15, 0.2) is 24.3 Å². The van der Waals surface area contributed by atoms with Crippen molar-refractivity contribution in [3.8, 4) is 5.75 Å². The largest absolute Gasteiger partial charge is 0.573 e. The van der Waals surface area contributed by atoms with Gasteiger partial charge in [-0.2, -0.15) is 23.2 Å². The molecule has 1 N–H and O–H groups in total. The molecule has 0 bridgehead atoms. The minimum Gasteiger partial charge on any atom is -0.406 e. The highest BCUT2D eigenvalue weighted by Gasteiger charge is 2.53. The third-order valence-corrected chi connectivity index (χ3v) is 4.34. The van der Waals surface area contributed by atoms with Crippen LogP contribution in [0.5, 0.6) is 5.75 Å². The number of benzene rings is 1. The number of carbonyl (C=O) groups is 2. The lowest BCUT2D eigenvalue weighted by atomic mass is 9.99. The monoisotopic (exact) mass is 399 g/mol. The van der Waals surface area contributed by atoms with E-state index in [2.05, 4.69) is 10.2 Å². The summed E-state index contributed by atoms with van der Waals surface area (Å²) >= 11 is 0. The van der Waals surface area contributed by atoms with Crippen LogP contribution >= 0.6 is 0 Å². The number of rotatable bonds is 6. The molecule has 1 amide bonds. The average molecular weight is 399 g/mol. The van der Waals surface area contributed by atoms with Gasteiger partial charge in [0, 0.05) is 32.0 Å². The molecule has 1 heterocycles. The highest BCUT2D eigenvalue weighted by Crippen LogP contribution is 2.36. The van der Waals surface area contributed by atoms with Crippen molar-refractivity contribution >= 4 is 17.4 Å². The lowest BCUT2D eigenvalue weighted by molar-refractivity contribution is -0.274. The molecule has 1 aliphatic heterocycles. The number of halogens is 6. The lowest BCUT2D eigenvalue weighted by Gasteiger charge is -2.29. The molecule has 2 unspecified atom stereocenters. The summed E-state index contributed by atoms with van der Waals surface area (Å²) in [6.07, 6.45) is -11.6. The van der Waals surface area contributed by atoms with Crippen molar-refractivity contribution in [3.05, 3.63) is 24.3 Å². The Bertz CT molecular complexity index is 719. The predicted molar refractivity (Wildman–Crippen MR) is 82.3 cm³/mol. The van der Waals surface area contributed by atoms with Crippen molar-refractivity contribution in [2.24, 2.45) is 5.92 Å². The Morgan fingerprint density at radius 3 is 2.48 bits per heavy atom. The number of alkyl halides is 6. The fraction of sp³-hybridized carbons (Fsp3) is 0.500. The van der Waals surface area contributed by atoms with Crippen molar-refractivity contribution in [3.63, 3.8) is 0 Å². The van der Waals surface area contributed by atoms with Gasteiger partial charge in [0.15, 0.2) is 5.69 Å². The van der Waals surface area contributed by atoms with Crippen LogP contribution in [0.3, 0.4) is 0 Å². The smallest absolute Gasteiger partial charge is 0.406 e. The van der Waals surface area contributed by atoms with Gasteiger partial charge >= 0.3 is 18.4 Å². The van der Waals surface area contributed by atoms with Crippen LogP contribution in [0.25, 0.3) is 0 Å². The summed E-state index contributed by atoms with van der Waals surface area (Å²) in [4.78, 5) is 24.8. The van der Waals surface area contributed by atoms with E-state index in [9.17, 15) is 35.9 Å². The number of ether oxygens (including phenoxy) is 1. The van der Waals surface area contributed by atoms with Crippen LogP contribution < -0.4 is 14.8 Å². The Labute approximate surface area is 150 Å². The third kappa shape index (κ3) is 4.98. The Morgan fingerprint density at radius 2 is 1.93 bits per heavy atom. The van der Waals surface area contributed by atoms with E-state index in [1.165, 1.54) is 19.2 Å². The first-order valence-electron chi connectivity index (χ1n) is 7.95. The molecule has 11 heteroatoms. The van der Waals surface area contributed by atoms with Crippen LogP contribution in [0.1, 0.15) is 19.3 Å². The van der Waals surface area contributed by atoms with E-state index < -0.39 is 53.3 Å². The number of hydrogen-bond acceptors (Lipinski definition) is 4. The van der Waals surface area contributed by atoms with Crippen LogP contribution in [0, 0.1) is 5.92 Å². The van der Waals surface area contributed by atoms with Crippen molar-refractivity contribution in [2.75, 3.05) is 13.6 Å². The molecule has 2 rings (SSSR count). The summed E-state index contributed by atoms with van der Waals surface area (Å²) in [6, 6.07) is 4.68. The van der Waals surface area contributed by atoms with Crippen molar-refractivity contribution < 1.29 is 40.7 Å². The molecule has 0 saturated carbocycles. The maximum absolute atomic E-state index is 12.8. The third-order valence-electron chi connectivity index (χ3n) is 4.34. The molecule has 1 saturated heterocycles. The zero-order valence-corrected chi connectivity index (χ0v) is 14.2. The number of nitrogens with zero attached hydrogens (tertiary/aromatic N) is 1. The van der Waals surface area contributed by atoms with Gasteiger partial charge in [-0.1, -0.05) is 6.07 Å². The summed E-state index contributed by atoms with van der Waals surface area (Å²) in [5.41, 5.74) is 2.76. The summed E-state index contributed by atoms with van der Waals surface area (Å²) in [6.45, 7) is 0.00717. The number of carbonyl (C=O) groups excluding carboxylic acids is 2. The van der Waals surface area contributed by atoms with Gasteiger partial charge in [-0.15, -0.1) is 13.2 Å². The van der Waals surface area contributed by atoms with Gasteiger partial charge in [-0.25, -0.2) is 4.79 Å². The number of ketones is 1. The second kappa shape index (κ2) is 7.47. The number of quaternary nitrogens is 1. The molecule has 2 atom stereocenters. The summed E-state index contributed by atoms with van der Waals surface area (Å²) < 4.78 is 77.3. The first-order valence-corrected chi connectivity index (χ1v) is 7.95. The fourth-order valence-corrected chi connectivity index (χ4v) is 3.09. The van der Waals surface area contributed by atoms with Gasteiger partial charge in [0.2, 0.25) is 0 Å². The quantitative estimate of drug-likeness (QED) is 0.452. The first-order chi connectivity index (χ1) is 12.4. The van der Waals surface area contributed by atoms with Gasteiger partial charge in [-0.3, -0.25) is 4.79 Å². The van der Waals surface area contributed by atoms with Crippen molar-refractivity contribution in [1.29, 1.82) is 0 Å². The molecule has 1 aliphatic rings. The molecular weight excluding hydrogens is 382 g/mol. The molecule has 5 nitrogen and oxygen atoms in total. The van der Waals surface area contributed by atoms with Crippen LogP contribution in [0.2, 0.25) is 0 Å². The number of amides is 1. The van der Waals surface area contributed by atoms with Crippen molar-refractivity contribution in [2.45, 2.75) is 31.8 Å². The first kappa shape index (κ1) is 21.2. The summed E-state index contributed by atoms with van der Waals surface area (Å²) in [5, 5.41) is 0. The van der Waals surface area contributed by atoms with Gasteiger partial charge in [0.25, 0.3) is 0 Å². The van der Waals surface area contributed by atoms with Gasteiger partial charge < -0.3 is 4.74 Å². The van der Waals surface area contributed by atoms with Gasteiger partial charge in [0.1, 0.15) is 24.0 Å². The standard InChI is InChI=1S/C16H17F6N2O3/c1-23-24(10-3-2-4-11(9-10)27-16(20,21)22)8-6-12(14(24)26)13(25)5-7-15(17,18)19/h2-4,9,12,23H,5-8H2,1H3/q+1. The van der Waals surface area contributed by atoms with E-state index in [-0.39, 0.29) is 18.7 Å². The zero-order valence-electron chi connectivity index (χ0n) is 14.2. The van der Waals surface area contributed by atoms with Crippen LogP contribution in [-0.4, -0.2) is 37.8 Å². The van der Waals surface area contributed by atoms with Gasteiger partial charge in [0.05, 0.1) is 6.42 Å². The topological polar surface area (TPSA) is 55.4 Å². The van der Waals surface area contributed by atoms with Crippen molar-refractivity contribution in [1.82, 2.24) is 10.0 Å². The van der Waals surface area contributed by atoms with Crippen LogP contribution in [-0.2, 0) is 9.59 Å². The SMILES string of the molecule is CN[N+]1(c2cccc(OC(F)(F)F)c2)CCC(C(=O)CCC(F)(F)F)C1=O. The Kier molecular flexibility index (Phi) is 5.85. The predicted octanol–water partition coefficient (Wildman–Crippen LogP) is 3.49. The molecule has 1 fully saturated rings. The summed E-state index contributed by atoms with van der Waals surface area (Å²) in [7, 11) is 1.37. The number of Topliss-reactive ketones (excluding diaryl/α,β-unsaturated/α-hetero) is 1. The van der Waals surface area contributed by atoms with E-state index in [0.717, 1.165) is 12.1 Å². The maximum Gasteiger partial charge on any atom is 0.573 e. The highest BCUT2D eigenvalue weighted by molar-refractivity contribution is 6.07. The normalized spacial score (nSPS) is 23.5. The molecule has 0 aromatic heterocycles. The number of nitrogens with one attached hydrogen (secondary N) is 1. The molecule has 0 aliphatic carbocycles. The maximum atomic E-state index is 12.8. The summed E-state index contributed by atoms with van der Waals surface area (Å²) in [5.74, 6) is -3.36. The Hall–Kier alpha value is -2.14. The molecule has 150 valence electrons. The minimum atomic E-state index is -4.92. The van der Waals surface area contributed by atoms with E-state index in [1.54, 1.807) is 0 Å². The van der Waals surface area contributed by atoms with Crippen LogP contribution in [0.4, 0.5) is 32.0 Å². The molecule has 0 radical (unpaired) electrons. The molecular formula is C16H17F6N2O3+. The zero-order chi connectivity index (χ0) is 20.5. The van der Waals surface area contributed by atoms with E-state index in [0.29, 0.717) is 0 Å². The van der Waals surface area contributed by atoms with E-state index in [4.69, 9.17) is 0 Å². The second-order valence-corrected chi connectivity index (χ2v) is 6.06. The van der Waals surface area contributed by atoms with E-state index in [1.807, 2.05) is 0 Å². The van der Waals surface area contributed by atoms with E-state index >= 15 is 0 Å². The Morgan fingerprint density at radius 1 is 1.26 bits per heavy atom. The highest BCUT2D eigenvalue weighted by atomic mass is 19.4. The molecule has 1 aromatic rings. The Balaban J connectivity index is 2.24. The molecule has 27 heavy (non-hydrogen) atoms. The molecule has 1 aromatic carbocycles. The minimum absolute atomic E-state index is 0.00717. The average Bonchev–Trinajstić information content (AvgIpc) is 2.88. The second-order valence-electron chi connectivity index (χ2n) is 6.06. The van der Waals surface area contributed by atoms with Gasteiger partial charge in [-0.05, 0) is 6.07 Å².